The number of rotatable bonds is 6. The number of carbonyl (C=O) groups is 1. The van der Waals surface area contributed by atoms with Gasteiger partial charge < -0.3 is 14.8 Å². The van der Waals surface area contributed by atoms with Crippen LogP contribution in [0.4, 0.5) is 5.69 Å². The van der Waals surface area contributed by atoms with Gasteiger partial charge in [0.25, 0.3) is 5.91 Å². The minimum atomic E-state index is -0.350. The summed E-state index contributed by atoms with van der Waals surface area (Å²) in [6, 6.07) is 18.6. The number of ether oxygens (including phenoxy) is 2. The first-order valence-corrected chi connectivity index (χ1v) is 10.6. The monoisotopic (exact) mass is 461 g/mol. The summed E-state index contributed by atoms with van der Waals surface area (Å²) in [5, 5.41) is 14.8. The molecule has 0 fully saturated rings. The molecule has 0 aliphatic heterocycles. The van der Waals surface area contributed by atoms with E-state index in [9.17, 15) is 4.79 Å². The smallest absolute Gasteiger partial charge is 0.264 e. The Kier molecular flexibility index (Phi) is 6.50. The van der Waals surface area contributed by atoms with E-state index >= 15 is 0 Å². The zero-order valence-corrected chi connectivity index (χ0v) is 19.3. The van der Waals surface area contributed by atoms with Gasteiger partial charge >= 0.3 is 0 Å². The maximum absolute atomic E-state index is 12.2. The van der Waals surface area contributed by atoms with Gasteiger partial charge in [-0.15, -0.1) is 10.2 Å². The molecule has 0 atom stereocenters. The maximum atomic E-state index is 12.2. The molecule has 0 spiro atoms. The second-order valence-electron chi connectivity index (χ2n) is 7.43. The van der Waals surface area contributed by atoms with E-state index in [0.29, 0.717) is 17.0 Å². The number of nitrogens with one attached hydrogen (secondary N) is 2. The lowest BCUT2D eigenvalue weighted by molar-refractivity contribution is -0.121. The molecule has 0 saturated carbocycles. The summed E-state index contributed by atoms with van der Waals surface area (Å²) in [5.74, 6) is 1.05. The summed E-state index contributed by atoms with van der Waals surface area (Å²) in [4.78, 5) is 13.7. The van der Waals surface area contributed by atoms with E-state index < -0.39 is 0 Å². The Labute approximate surface area is 196 Å². The van der Waals surface area contributed by atoms with E-state index in [1.807, 2.05) is 74.5 Å². The third kappa shape index (κ3) is 5.45. The molecule has 9 heteroatoms. The number of benzene rings is 3. The quantitative estimate of drug-likeness (QED) is 0.420. The molecule has 1 amide bonds. The van der Waals surface area contributed by atoms with Crippen LogP contribution in [0.15, 0.2) is 60.7 Å². The molecule has 4 rings (SSSR count). The zero-order valence-electron chi connectivity index (χ0n) is 18.5. The summed E-state index contributed by atoms with van der Waals surface area (Å²) in [6.07, 6.45) is 0. The number of methoxy groups -OCH3 is 1. The number of hydrogen-bond donors (Lipinski definition) is 2. The van der Waals surface area contributed by atoms with Crippen molar-refractivity contribution in [1.29, 1.82) is 0 Å². The summed E-state index contributed by atoms with van der Waals surface area (Å²) >= 11 is 5.26. The highest BCUT2D eigenvalue weighted by molar-refractivity contribution is 7.80. The molecule has 168 valence electrons. The van der Waals surface area contributed by atoms with Crippen molar-refractivity contribution in [1.82, 2.24) is 20.3 Å². The van der Waals surface area contributed by atoms with E-state index in [1.54, 1.807) is 11.9 Å². The second-order valence-corrected chi connectivity index (χ2v) is 7.84. The van der Waals surface area contributed by atoms with Gasteiger partial charge in [0.05, 0.1) is 12.8 Å². The molecular formula is C24H23N5O3S. The SMILES string of the molecule is COc1ccc(-n2nc3ccc(NC(=S)NC(=O)COc4ccc(C)c(C)c4)cc3n2)cc1. The summed E-state index contributed by atoms with van der Waals surface area (Å²) in [7, 11) is 1.62. The van der Waals surface area contributed by atoms with Crippen LogP contribution in [0.2, 0.25) is 0 Å². The number of thiocarbonyl (C=S) groups is 1. The number of aryl methyl sites for hydroxylation is 2. The van der Waals surface area contributed by atoms with Crippen molar-refractivity contribution >= 4 is 40.0 Å². The van der Waals surface area contributed by atoms with Crippen molar-refractivity contribution in [2.75, 3.05) is 19.0 Å². The average Bonchev–Trinajstić information content (AvgIpc) is 3.23. The van der Waals surface area contributed by atoms with Gasteiger partial charge in [-0.1, -0.05) is 6.07 Å². The Morgan fingerprint density at radius 1 is 0.939 bits per heavy atom. The molecule has 0 bridgehead atoms. The molecule has 8 nitrogen and oxygen atoms in total. The molecular weight excluding hydrogens is 438 g/mol. The van der Waals surface area contributed by atoms with Crippen molar-refractivity contribution in [3.05, 3.63) is 71.8 Å². The Hall–Kier alpha value is -3.98. The van der Waals surface area contributed by atoms with Crippen LogP contribution in [-0.2, 0) is 4.79 Å². The molecule has 33 heavy (non-hydrogen) atoms. The molecule has 1 heterocycles. The average molecular weight is 462 g/mol. The van der Waals surface area contributed by atoms with Gasteiger partial charge in [0.15, 0.2) is 11.7 Å². The Morgan fingerprint density at radius 2 is 1.67 bits per heavy atom. The minimum Gasteiger partial charge on any atom is -0.497 e. The van der Waals surface area contributed by atoms with Crippen LogP contribution in [-0.4, -0.2) is 39.7 Å². The van der Waals surface area contributed by atoms with Gasteiger partial charge in [-0.3, -0.25) is 10.1 Å². The highest BCUT2D eigenvalue weighted by Gasteiger charge is 2.09. The molecule has 4 aromatic rings. The topological polar surface area (TPSA) is 90.3 Å². The molecule has 0 aliphatic rings. The molecule has 0 unspecified atom stereocenters. The van der Waals surface area contributed by atoms with Crippen molar-refractivity contribution in [2.24, 2.45) is 0 Å². The van der Waals surface area contributed by atoms with Gasteiger partial charge in [-0.05, 0) is 91.8 Å². The highest BCUT2D eigenvalue weighted by Crippen LogP contribution is 2.19. The van der Waals surface area contributed by atoms with E-state index in [4.69, 9.17) is 21.7 Å². The Morgan fingerprint density at radius 3 is 2.39 bits per heavy atom. The van der Waals surface area contributed by atoms with Crippen molar-refractivity contribution < 1.29 is 14.3 Å². The number of fused-ring (bicyclic) bond motifs is 1. The van der Waals surface area contributed by atoms with Gasteiger partial charge in [0.1, 0.15) is 22.5 Å². The lowest BCUT2D eigenvalue weighted by atomic mass is 10.1. The number of nitrogens with zero attached hydrogens (tertiary/aromatic N) is 3. The van der Waals surface area contributed by atoms with Crippen molar-refractivity contribution in [2.45, 2.75) is 13.8 Å². The zero-order chi connectivity index (χ0) is 23.4. The normalized spacial score (nSPS) is 10.6. The van der Waals surface area contributed by atoms with Crippen LogP contribution >= 0.6 is 12.2 Å². The van der Waals surface area contributed by atoms with Crippen LogP contribution in [0.1, 0.15) is 11.1 Å². The number of aromatic nitrogens is 3. The molecule has 0 aliphatic carbocycles. The molecule has 0 radical (unpaired) electrons. The summed E-state index contributed by atoms with van der Waals surface area (Å²) < 4.78 is 10.7. The number of hydrogen-bond acceptors (Lipinski definition) is 6. The summed E-state index contributed by atoms with van der Waals surface area (Å²) in [5.41, 5.74) is 5.18. The second kappa shape index (κ2) is 9.66. The van der Waals surface area contributed by atoms with Crippen LogP contribution in [0.5, 0.6) is 11.5 Å². The fraction of sp³-hybridized carbons (Fsp3) is 0.167. The van der Waals surface area contributed by atoms with Crippen LogP contribution in [0, 0.1) is 13.8 Å². The number of carbonyl (C=O) groups excluding carboxylic acids is 1. The minimum absolute atomic E-state index is 0.139. The van der Waals surface area contributed by atoms with Crippen molar-refractivity contribution in [3.63, 3.8) is 0 Å². The Bertz CT molecular complexity index is 1320. The highest BCUT2D eigenvalue weighted by atomic mass is 32.1. The van der Waals surface area contributed by atoms with Gasteiger partial charge in [0.2, 0.25) is 0 Å². The third-order valence-corrected chi connectivity index (χ3v) is 5.25. The largest absolute Gasteiger partial charge is 0.497 e. The first-order chi connectivity index (χ1) is 15.9. The number of anilines is 1. The van der Waals surface area contributed by atoms with Gasteiger partial charge in [0, 0.05) is 5.69 Å². The molecule has 1 aromatic heterocycles. The number of amides is 1. The predicted molar refractivity (Wildman–Crippen MR) is 131 cm³/mol. The molecule has 3 aromatic carbocycles. The van der Waals surface area contributed by atoms with E-state index in [1.165, 1.54) is 0 Å². The van der Waals surface area contributed by atoms with E-state index in [-0.39, 0.29) is 17.6 Å². The lowest BCUT2D eigenvalue weighted by Gasteiger charge is -2.11. The van der Waals surface area contributed by atoms with Crippen LogP contribution < -0.4 is 20.1 Å². The predicted octanol–water partition coefficient (Wildman–Crippen LogP) is 3.94. The Balaban J connectivity index is 1.35. The first-order valence-electron chi connectivity index (χ1n) is 10.2. The van der Waals surface area contributed by atoms with Gasteiger partial charge in [-0.25, -0.2) is 0 Å². The fourth-order valence-electron chi connectivity index (χ4n) is 3.10. The molecule has 0 saturated heterocycles. The fourth-order valence-corrected chi connectivity index (χ4v) is 3.33. The maximum Gasteiger partial charge on any atom is 0.264 e. The van der Waals surface area contributed by atoms with Gasteiger partial charge in [-0.2, -0.15) is 4.80 Å². The van der Waals surface area contributed by atoms with E-state index in [0.717, 1.165) is 28.1 Å². The molecule has 2 N–H and O–H groups in total. The van der Waals surface area contributed by atoms with E-state index in [2.05, 4.69) is 20.8 Å². The standard InChI is InChI=1S/C24H23N5O3S/c1-15-4-8-20(12-16(15)2)32-14-23(30)26-24(33)25-17-5-11-21-22(13-17)28-29(27-21)18-6-9-19(31-3)10-7-18/h4-13H,14H2,1-3H3,(H2,25,26,30,33). The van der Waals surface area contributed by atoms with Crippen LogP contribution in [0.25, 0.3) is 16.7 Å². The summed E-state index contributed by atoms with van der Waals surface area (Å²) in [6.45, 7) is 3.88. The first kappa shape index (κ1) is 22.2. The lowest BCUT2D eigenvalue weighted by Crippen LogP contribution is -2.37. The van der Waals surface area contributed by atoms with Crippen LogP contribution in [0.3, 0.4) is 0 Å². The third-order valence-electron chi connectivity index (χ3n) is 5.04. The van der Waals surface area contributed by atoms with Crippen molar-refractivity contribution in [3.8, 4) is 17.2 Å².